The summed E-state index contributed by atoms with van der Waals surface area (Å²) < 4.78 is -3.35. The second-order valence-electron chi connectivity index (χ2n) is 4.35. The van der Waals surface area contributed by atoms with Gasteiger partial charge in [-0.2, -0.15) is 0 Å². The first-order valence-corrected chi connectivity index (χ1v) is 23.7. The van der Waals surface area contributed by atoms with E-state index in [1.54, 1.807) is 0 Å². The monoisotopic (exact) mass is 530 g/mol. The Labute approximate surface area is 161 Å². The molecule has 0 N–H and O–H groups in total. The Kier molecular flexibility index (Phi) is 4.59. The largest absolute Gasteiger partial charge is 0.122 e. The summed E-state index contributed by atoms with van der Waals surface area (Å²) in [5.74, 6) is 0. The molecule has 108 valence electrons. The average molecular weight is 531 g/mol. The summed E-state index contributed by atoms with van der Waals surface area (Å²) in [6, 6.07) is 8.66. The van der Waals surface area contributed by atoms with Gasteiger partial charge in [-0.3, -0.25) is 0 Å². The molecule has 0 aliphatic carbocycles. The van der Waals surface area contributed by atoms with E-state index in [0.29, 0.717) is 0 Å². The van der Waals surface area contributed by atoms with E-state index in [1.165, 1.54) is 5.56 Å². The van der Waals surface area contributed by atoms with Crippen LogP contribution in [0.5, 0.6) is 0 Å². The normalized spacial score (nSPS) is 49.5. The maximum absolute atomic E-state index is 6.05. The van der Waals surface area contributed by atoms with Crippen LogP contribution in [0.2, 0.25) is 0 Å². The lowest BCUT2D eigenvalue weighted by Gasteiger charge is -2.57. The van der Waals surface area contributed by atoms with Crippen LogP contribution in [0.3, 0.4) is 0 Å². The van der Waals surface area contributed by atoms with Crippen molar-refractivity contribution < 1.29 is 0 Å². The third-order valence-corrected chi connectivity index (χ3v) is 61.7. The minimum atomic E-state index is -1.53. The first kappa shape index (κ1) is 16.8. The van der Waals surface area contributed by atoms with Crippen LogP contribution < -0.4 is 0 Å². The van der Waals surface area contributed by atoms with Crippen LogP contribution in [-0.2, 0) is 39.5 Å². The molecule has 12 heteroatoms. The smallest absolute Gasteiger partial charge is 0.0798 e. The molecule has 4 aliphatic heterocycles. The van der Waals surface area contributed by atoms with Crippen molar-refractivity contribution in [3.8, 4) is 0 Å². The van der Waals surface area contributed by atoms with Gasteiger partial charge in [-0.1, -0.05) is 108 Å². The van der Waals surface area contributed by atoms with Gasteiger partial charge in [0.15, 0.2) is 0 Å². The summed E-state index contributed by atoms with van der Waals surface area (Å²) in [5, 5.41) is 0. The molecule has 4 heterocycles. The number of hydrogen-bond donors (Lipinski definition) is 0. The number of hydrogen-bond acceptors (Lipinski definition) is 8. The van der Waals surface area contributed by atoms with E-state index in [9.17, 15) is 0 Å². The van der Waals surface area contributed by atoms with Crippen LogP contribution in [0.1, 0.15) is 5.56 Å². The molecule has 4 fully saturated rings. The molecular weight excluding hydrogens is 525 g/mol. The standard InChI is InChI=1S/C8H6BrP3S8/c9-7-3-1-2-6(4-7)8-5-10(13)18-11(14,16-8)20-12(15,17-8)19-10/h1-4H,5H2. The maximum atomic E-state index is 6.05. The van der Waals surface area contributed by atoms with E-state index in [2.05, 4.69) is 40.2 Å². The molecule has 1 aromatic carbocycles. The van der Waals surface area contributed by atoms with Gasteiger partial charge in [-0.05, 0) is 28.7 Å². The lowest BCUT2D eigenvalue weighted by molar-refractivity contribution is 1.04. The highest BCUT2D eigenvalue weighted by Crippen LogP contribution is 3.19. The SMILES string of the molecule is S=P12CC3(c4cccc(Br)c4)SP(=S)(S1)SP(=S)(S3)S2. The van der Waals surface area contributed by atoms with E-state index in [1.807, 2.05) is 55.8 Å². The molecular formula is C8H6BrP3S8. The molecule has 0 amide bonds. The van der Waals surface area contributed by atoms with Crippen LogP contribution in [0.25, 0.3) is 0 Å². The highest BCUT2D eigenvalue weighted by atomic mass is 79.9. The van der Waals surface area contributed by atoms with Crippen molar-refractivity contribution in [2.75, 3.05) is 6.16 Å². The van der Waals surface area contributed by atoms with E-state index in [0.717, 1.165) is 10.6 Å². The number of halogens is 1. The second kappa shape index (κ2) is 5.45. The lowest BCUT2D eigenvalue weighted by atomic mass is 10.1. The summed E-state index contributed by atoms with van der Waals surface area (Å²) in [5.41, 5.74) is 1.36. The van der Waals surface area contributed by atoms with Crippen molar-refractivity contribution in [1.82, 2.24) is 0 Å². The Morgan fingerprint density at radius 1 is 1.05 bits per heavy atom. The third kappa shape index (κ3) is 2.90. The number of benzene rings is 1. The highest BCUT2D eigenvalue weighted by Gasteiger charge is 2.63. The van der Waals surface area contributed by atoms with Gasteiger partial charge < -0.3 is 0 Å². The van der Waals surface area contributed by atoms with Gasteiger partial charge in [0.1, 0.15) is 11.4 Å². The molecule has 4 bridgehead atoms. The molecule has 4 aliphatic rings. The van der Waals surface area contributed by atoms with Crippen molar-refractivity contribution in [3.05, 3.63) is 34.3 Å². The van der Waals surface area contributed by atoms with E-state index >= 15 is 0 Å². The predicted molar refractivity (Wildman–Crippen MR) is 121 cm³/mol. The van der Waals surface area contributed by atoms with Gasteiger partial charge >= 0.3 is 0 Å². The molecule has 5 rings (SSSR count). The molecule has 20 heavy (non-hydrogen) atoms. The molecule has 2 unspecified atom stereocenters. The summed E-state index contributed by atoms with van der Waals surface area (Å²) in [6.45, 7) is 0. The molecule has 0 spiro atoms. The minimum absolute atomic E-state index is 0.0477. The summed E-state index contributed by atoms with van der Waals surface area (Å²) in [7, 11) is 0. The fourth-order valence-electron chi connectivity index (χ4n) is 2.21. The Morgan fingerprint density at radius 2 is 1.70 bits per heavy atom. The fraction of sp³-hybridized carbons (Fsp3) is 0.250. The topological polar surface area (TPSA) is 0 Å². The van der Waals surface area contributed by atoms with Gasteiger partial charge in [0, 0.05) is 10.6 Å². The average Bonchev–Trinajstić information content (AvgIpc) is 2.22. The maximum Gasteiger partial charge on any atom is 0.122 e. The first-order chi connectivity index (χ1) is 9.24. The van der Waals surface area contributed by atoms with Crippen molar-refractivity contribution in [3.63, 3.8) is 0 Å². The van der Waals surface area contributed by atoms with Crippen LogP contribution in [0.15, 0.2) is 28.7 Å². The van der Waals surface area contributed by atoms with Gasteiger partial charge in [0.25, 0.3) is 0 Å². The zero-order chi connectivity index (χ0) is 14.2. The third-order valence-electron chi connectivity index (χ3n) is 2.83. The minimum Gasteiger partial charge on any atom is -0.0798 e. The molecule has 4 saturated heterocycles. The summed E-state index contributed by atoms with van der Waals surface area (Å²) in [4.78, 5) is 0. The lowest BCUT2D eigenvalue weighted by Crippen LogP contribution is -2.26. The summed E-state index contributed by atoms with van der Waals surface area (Å²) in [6.07, 6.45) is 1.09. The van der Waals surface area contributed by atoms with Gasteiger partial charge in [-0.25, -0.2) is 0 Å². The zero-order valence-corrected chi connectivity index (χ0v) is 20.3. The summed E-state index contributed by atoms with van der Waals surface area (Å²) >= 11 is 31.7. The van der Waals surface area contributed by atoms with Crippen molar-refractivity contribution in [2.24, 2.45) is 0 Å². The Balaban J connectivity index is 1.93. The molecule has 1 aromatic rings. The van der Waals surface area contributed by atoms with Crippen LogP contribution in [0.4, 0.5) is 0 Å². The number of rotatable bonds is 1. The van der Waals surface area contributed by atoms with Gasteiger partial charge in [0.05, 0.1) is 4.44 Å². The van der Waals surface area contributed by atoms with E-state index < -0.39 is 11.7 Å². The van der Waals surface area contributed by atoms with Crippen LogP contribution in [-0.4, -0.2) is 6.16 Å². The molecule has 0 aromatic heterocycles. The van der Waals surface area contributed by atoms with E-state index in [-0.39, 0.29) is 4.08 Å². The molecule has 0 radical (unpaired) electrons. The molecule has 0 nitrogen and oxygen atoms in total. The van der Waals surface area contributed by atoms with Gasteiger partial charge in [-0.15, -0.1) is 0 Å². The quantitative estimate of drug-likeness (QED) is 0.330. The predicted octanol–water partition coefficient (Wildman–Crippen LogP) is 8.07. The Bertz CT molecular complexity index is 679. The van der Waals surface area contributed by atoms with Crippen molar-refractivity contribution in [2.45, 2.75) is 4.08 Å². The second-order valence-corrected chi connectivity index (χ2v) is 47.2. The van der Waals surface area contributed by atoms with Gasteiger partial charge in [0.2, 0.25) is 0 Å². The van der Waals surface area contributed by atoms with Crippen molar-refractivity contribution in [1.29, 1.82) is 0 Å². The van der Waals surface area contributed by atoms with E-state index in [4.69, 9.17) is 35.4 Å². The van der Waals surface area contributed by atoms with Crippen molar-refractivity contribution >= 4 is 119 Å². The van der Waals surface area contributed by atoms with Crippen LogP contribution >= 0.6 is 83.4 Å². The Morgan fingerprint density at radius 3 is 2.25 bits per heavy atom. The Hall–Kier alpha value is 3.40. The zero-order valence-electron chi connectivity index (χ0n) is 9.50. The highest BCUT2D eigenvalue weighted by molar-refractivity contribution is 9.61. The molecule has 2 atom stereocenters. The molecule has 0 saturated carbocycles. The van der Waals surface area contributed by atoms with Crippen LogP contribution in [0, 0.1) is 0 Å². The first-order valence-electron chi connectivity index (χ1n) is 5.35. The fourth-order valence-corrected chi connectivity index (χ4v) is 124.